The van der Waals surface area contributed by atoms with Gasteiger partial charge in [-0.1, -0.05) is 0 Å². The van der Waals surface area contributed by atoms with Crippen LogP contribution < -0.4 is 29.6 Å². The van der Waals surface area contributed by atoms with Crippen molar-refractivity contribution in [2.75, 3.05) is 14.2 Å². The number of esters is 1. The van der Waals surface area contributed by atoms with Crippen LogP contribution in [0.3, 0.4) is 0 Å². The third-order valence-electron chi connectivity index (χ3n) is 2.47. The van der Waals surface area contributed by atoms with E-state index in [1.54, 1.807) is 4.90 Å². The first-order valence-corrected chi connectivity index (χ1v) is 5.20. The van der Waals surface area contributed by atoms with E-state index in [1.165, 1.54) is 26.0 Å². The van der Waals surface area contributed by atoms with Crippen molar-refractivity contribution in [1.82, 2.24) is 4.90 Å². The summed E-state index contributed by atoms with van der Waals surface area (Å²) in [6, 6.07) is -0.568. The summed E-state index contributed by atoms with van der Waals surface area (Å²) in [6.45, 7) is 0. The second-order valence-corrected chi connectivity index (χ2v) is 4.45. The summed E-state index contributed by atoms with van der Waals surface area (Å²) in [5.74, 6) is -0.405. The molecule has 0 radical (unpaired) electrons. The van der Waals surface area contributed by atoms with Gasteiger partial charge in [0.1, 0.15) is 5.44 Å². The van der Waals surface area contributed by atoms with E-state index in [1.807, 2.05) is 0 Å². The molecule has 7 heteroatoms. The molecule has 2 aliphatic rings. The van der Waals surface area contributed by atoms with E-state index in [4.69, 9.17) is 4.74 Å². The standard InChI is InChI=1S/C8H11NO4S.Na.H/c1-12-7(11)6-8(13-2)14-5-3-4(10)9(5)6;;/h5-6,8H,3H2,1-2H3;;/q;+1;-1. The predicted molar refractivity (Wildman–Crippen MR) is 50.6 cm³/mol. The van der Waals surface area contributed by atoms with Gasteiger partial charge in [0.25, 0.3) is 0 Å². The molecule has 0 aromatic heterocycles. The molecule has 0 N–H and O–H groups in total. The number of methoxy groups -OCH3 is 2. The number of hydrogen-bond donors (Lipinski definition) is 0. The summed E-state index contributed by atoms with van der Waals surface area (Å²) < 4.78 is 9.79. The molecule has 2 heterocycles. The van der Waals surface area contributed by atoms with Crippen LogP contribution in [-0.4, -0.2) is 47.8 Å². The van der Waals surface area contributed by atoms with Crippen molar-refractivity contribution in [3.05, 3.63) is 0 Å². The van der Waals surface area contributed by atoms with Crippen LogP contribution >= 0.6 is 11.8 Å². The van der Waals surface area contributed by atoms with Gasteiger partial charge in [-0.25, -0.2) is 4.79 Å². The van der Waals surface area contributed by atoms with E-state index in [9.17, 15) is 9.59 Å². The number of thioether (sulfide) groups is 1. The van der Waals surface area contributed by atoms with Crippen LogP contribution in [-0.2, 0) is 19.1 Å². The average molecular weight is 241 g/mol. The van der Waals surface area contributed by atoms with Crippen molar-refractivity contribution < 1.29 is 50.0 Å². The summed E-state index contributed by atoms with van der Waals surface area (Å²) in [7, 11) is 2.85. The molecule has 0 aliphatic carbocycles. The van der Waals surface area contributed by atoms with Crippen LogP contribution in [0.2, 0.25) is 0 Å². The molecular weight excluding hydrogens is 229 g/mol. The van der Waals surface area contributed by atoms with Gasteiger partial charge in [0.05, 0.1) is 18.9 Å². The summed E-state index contributed by atoms with van der Waals surface area (Å²) in [5.41, 5.74) is -0.293. The summed E-state index contributed by atoms with van der Waals surface area (Å²) >= 11 is 1.50. The fourth-order valence-corrected chi connectivity index (χ4v) is 3.17. The molecule has 15 heavy (non-hydrogen) atoms. The van der Waals surface area contributed by atoms with E-state index < -0.39 is 12.0 Å². The Hall–Kier alpha value is 0.250. The molecule has 2 saturated heterocycles. The van der Waals surface area contributed by atoms with Crippen LogP contribution in [0, 0.1) is 0 Å². The molecule has 0 spiro atoms. The van der Waals surface area contributed by atoms with Crippen LogP contribution in [0.4, 0.5) is 0 Å². The number of β-lactam (4-membered cyclic amide) rings is 1. The zero-order valence-electron chi connectivity index (χ0n) is 9.93. The third kappa shape index (κ3) is 2.06. The number of fused-ring (bicyclic) bond motifs is 1. The molecule has 3 unspecified atom stereocenters. The fourth-order valence-electron chi connectivity index (χ4n) is 1.74. The minimum atomic E-state index is -0.568. The number of carbonyl (C=O) groups excluding carboxylic acids is 2. The summed E-state index contributed by atoms with van der Waals surface area (Å²) in [4.78, 5) is 24.2. The molecular formula is C8H12NNaO4S. The molecule has 80 valence electrons. The first kappa shape index (κ1) is 13.3. The van der Waals surface area contributed by atoms with E-state index >= 15 is 0 Å². The molecule has 2 rings (SSSR count). The Balaban J connectivity index is 0.00000112. The second-order valence-electron chi connectivity index (χ2n) is 3.17. The Morgan fingerprint density at radius 3 is 2.73 bits per heavy atom. The van der Waals surface area contributed by atoms with E-state index in [0.717, 1.165) is 0 Å². The maximum Gasteiger partial charge on any atom is 1.00 e. The molecule has 0 saturated carbocycles. The van der Waals surface area contributed by atoms with Crippen molar-refractivity contribution in [3.63, 3.8) is 0 Å². The van der Waals surface area contributed by atoms with Gasteiger partial charge in [0.15, 0.2) is 6.04 Å². The van der Waals surface area contributed by atoms with Crippen molar-refractivity contribution in [2.45, 2.75) is 23.3 Å². The SMILES string of the molecule is COC(=O)C1C(OC)SC2CC(=O)N21.[H-].[Na+]. The maximum atomic E-state index is 11.4. The molecule has 3 atom stereocenters. The van der Waals surface area contributed by atoms with Gasteiger partial charge in [0.2, 0.25) is 5.91 Å². The van der Waals surface area contributed by atoms with Crippen molar-refractivity contribution >= 4 is 23.6 Å². The fraction of sp³-hybridized carbons (Fsp3) is 0.750. The van der Waals surface area contributed by atoms with Crippen LogP contribution in [0.1, 0.15) is 7.85 Å². The Labute approximate surface area is 116 Å². The van der Waals surface area contributed by atoms with Crippen LogP contribution in [0.5, 0.6) is 0 Å². The Kier molecular flexibility index (Phi) is 4.49. The Morgan fingerprint density at radius 1 is 1.60 bits per heavy atom. The van der Waals surface area contributed by atoms with Gasteiger partial charge < -0.3 is 15.8 Å². The molecule has 0 aromatic rings. The maximum absolute atomic E-state index is 11.4. The Morgan fingerprint density at radius 2 is 2.27 bits per heavy atom. The topological polar surface area (TPSA) is 55.8 Å². The van der Waals surface area contributed by atoms with Gasteiger partial charge >= 0.3 is 35.5 Å². The zero-order chi connectivity index (χ0) is 10.3. The third-order valence-corrected chi connectivity index (χ3v) is 3.90. The number of nitrogens with zero attached hydrogens (tertiary/aromatic N) is 1. The van der Waals surface area contributed by atoms with Crippen molar-refractivity contribution in [3.8, 4) is 0 Å². The average Bonchev–Trinajstić information content (AvgIpc) is 2.49. The van der Waals surface area contributed by atoms with Gasteiger partial charge in [-0.05, 0) is 0 Å². The molecule has 1 amide bonds. The molecule has 2 aliphatic heterocycles. The number of ether oxygens (including phenoxy) is 2. The van der Waals surface area contributed by atoms with Gasteiger partial charge in [-0.3, -0.25) is 4.79 Å². The Bertz CT molecular complexity index is 293. The zero-order valence-corrected chi connectivity index (χ0v) is 11.7. The predicted octanol–water partition coefficient (Wildman–Crippen LogP) is -3.08. The van der Waals surface area contributed by atoms with Crippen LogP contribution in [0.25, 0.3) is 0 Å². The van der Waals surface area contributed by atoms with E-state index in [2.05, 4.69) is 4.74 Å². The minimum Gasteiger partial charge on any atom is -1.00 e. The van der Waals surface area contributed by atoms with Gasteiger partial charge in [-0.2, -0.15) is 0 Å². The smallest absolute Gasteiger partial charge is 1.00 e. The number of rotatable bonds is 2. The molecule has 2 fully saturated rings. The van der Waals surface area contributed by atoms with Gasteiger partial charge in [0, 0.05) is 7.11 Å². The number of carbonyl (C=O) groups is 2. The van der Waals surface area contributed by atoms with Crippen LogP contribution in [0.15, 0.2) is 0 Å². The normalized spacial score (nSPS) is 32.8. The molecule has 0 aromatic carbocycles. The number of hydrogen-bond acceptors (Lipinski definition) is 5. The van der Waals surface area contributed by atoms with Crippen molar-refractivity contribution in [1.29, 1.82) is 0 Å². The first-order valence-electron chi connectivity index (χ1n) is 4.26. The molecule has 0 bridgehead atoms. The molecule has 5 nitrogen and oxygen atoms in total. The quantitative estimate of drug-likeness (QED) is 0.291. The summed E-state index contributed by atoms with van der Waals surface area (Å²) in [6.07, 6.45) is 0.498. The largest absolute Gasteiger partial charge is 1.00 e. The monoisotopic (exact) mass is 241 g/mol. The van der Waals surface area contributed by atoms with Gasteiger partial charge in [-0.15, -0.1) is 11.8 Å². The second kappa shape index (κ2) is 5.05. The number of amides is 1. The van der Waals surface area contributed by atoms with E-state index in [-0.39, 0.29) is 47.7 Å². The van der Waals surface area contributed by atoms with E-state index in [0.29, 0.717) is 6.42 Å². The van der Waals surface area contributed by atoms with Crippen molar-refractivity contribution in [2.24, 2.45) is 0 Å². The first-order chi connectivity index (χ1) is 6.69. The minimum absolute atomic E-state index is 0. The summed E-state index contributed by atoms with van der Waals surface area (Å²) in [5, 5.41) is 0.0940.